The molecule has 0 bridgehead atoms. The highest BCUT2D eigenvalue weighted by Gasteiger charge is 2.46. The minimum absolute atomic E-state index is 0.464. The molecule has 0 aromatic carbocycles. The van der Waals surface area contributed by atoms with Gasteiger partial charge in [0, 0.05) is 14.0 Å². The fraction of sp³-hybridized carbons (Fsp3) is 0.889. The molecule has 0 saturated carbocycles. The van der Waals surface area contributed by atoms with Gasteiger partial charge in [-0.15, -0.1) is 0 Å². The summed E-state index contributed by atoms with van der Waals surface area (Å²) >= 11 is 0. The summed E-state index contributed by atoms with van der Waals surface area (Å²) in [6.45, 7) is 0.738. The number of aliphatic hydroxyl groups is 3. The van der Waals surface area contributed by atoms with Gasteiger partial charge in [-0.3, -0.25) is 9.63 Å². The molecular weight excluding hydrogens is 234 g/mol. The second kappa shape index (κ2) is 6.24. The van der Waals surface area contributed by atoms with Crippen LogP contribution >= 0.6 is 0 Å². The number of hydroxylamine groups is 1. The molecule has 1 amide bonds. The first-order valence-corrected chi connectivity index (χ1v) is 5.08. The molecule has 0 aromatic rings. The van der Waals surface area contributed by atoms with E-state index in [9.17, 15) is 15.0 Å². The fourth-order valence-corrected chi connectivity index (χ4v) is 1.59. The van der Waals surface area contributed by atoms with Crippen LogP contribution < -0.4 is 5.48 Å². The Kier molecular flexibility index (Phi) is 5.25. The SMILES string of the molecule is CO[C@@H]1[C@H](ONC(C)=O)[C@H](O)C(CO)O[C@@H]1O. The zero-order valence-electron chi connectivity index (χ0n) is 9.57. The van der Waals surface area contributed by atoms with E-state index in [-0.39, 0.29) is 0 Å². The van der Waals surface area contributed by atoms with E-state index in [1.807, 2.05) is 5.48 Å². The number of hydrogen-bond donors (Lipinski definition) is 4. The lowest BCUT2D eigenvalue weighted by atomic mass is 9.99. The van der Waals surface area contributed by atoms with E-state index in [2.05, 4.69) is 0 Å². The number of rotatable bonds is 4. The third-order valence-corrected chi connectivity index (χ3v) is 2.43. The molecule has 0 aliphatic carbocycles. The first kappa shape index (κ1) is 14.3. The zero-order chi connectivity index (χ0) is 13.0. The molecule has 4 N–H and O–H groups in total. The van der Waals surface area contributed by atoms with Gasteiger partial charge in [0.15, 0.2) is 6.29 Å². The molecule has 100 valence electrons. The molecule has 1 saturated heterocycles. The van der Waals surface area contributed by atoms with Crippen molar-refractivity contribution in [3.63, 3.8) is 0 Å². The predicted octanol–water partition coefficient (Wildman–Crippen LogP) is -2.49. The van der Waals surface area contributed by atoms with E-state index in [0.29, 0.717) is 0 Å². The molecule has 1 aliphatic heterocycles. The summed E-state index contributed by atoms with van der Waals surface area (Å²) < 4.78 is 9.84. The number of nitrogens with one attached hydrogen (secondary N) is 1. The van der Waals surface area contributed by atoms with Crippen molar-refractivity contribution in [3.05, 3.63) is 0 Å². The van der Waals surface area contributed by atoms with Gasteiger partial charge < -0.3 is 24.8 Å². The summed E-state index contributed by atoms with van der Waals surface area (Å²) in [5.74, 6) is -0.464. The maximum atomic E-state index is 10.7. The van der Waals surface area contributed by atoms with Crippen LogP contribution in [-0.2, 0) is 19.1 Å². The lowest BCUT2D eigenvalue weighted by Gasteiger charge is -2.40. The third kappa shape index (κ3) is 3.35. The fourth-order valence-electron chi connectivity index (χ4n) is 1.59. The Balaban J connectivity index is 2.73. The summed E-state index contributed by atoms with van der Waals surface area (Å²) in [7, 11) is 1.30. The number of aliphatic hydroxyl groups excluding tert-OH is 3. The summed E-state index contributed by atoms with van der Waals surface area (Å²) in [5.41, 5.74) is 2.05. The zero-order valence-corrected chi connectivity index (χ0v) is 9.57. The van der Waals surface area contributed by atoms with Crippen molar-refractivity contribution >= 4 is 5.91 Å². The highest BCUT2D eigenvalue weighted by molar-refractivity contribution is 5.71. The van der Waals surface area contributed by atoms with Crippen molar-refractivity contribution in [2.45, 2.75) is 37.6 Å². The van der Waals surface area contributed by atoms with Gasteiger partial charge in [0.25, 0.3) is 0 Å². The van der Waals surface area contributed by atoms with Crippen molar-refractivity contribution < 1.29 is 34.4 Å². The van der Waals surface area contributed by atoms with Gasteiger partial charge in [0.1, 0.15) is 24.4 Å². The van der Waals surface area contributed by atoms with Crippen molar-refractivity contribution in [1.29, 1.82) is 0 Å². The second-order valence-corrected chi connectivity index (χ2v) is 3.68. The topological polar surface area (TPSA) is 117 Å². The minimum Gasteiger partial charge on any atom is -0.394 e. The lowest BCUT2D eigenvalue weighted by Crippen LogP contribution is -2.61. The molecule has 1 unspecified atom stereocenters. The van der Waals surface area contributed by atoms with E-state index in [1.165, 1.54) is 14.0 Å². The number of carbonyl (C=O) groups is 1. The molecule has 1 aliphatic rings. The molecule has 0 radical (unpaired) electrons. The van der Waals surface area contributed by atoms with Crippen LogP contribution in [0.3, 0.4) is 0 Å². The van der Waals surface area contributed by atoms with Crippen molar-refractivity contribution in [3.8, 4) is 0 Å². The van der Waals surface area contributed by atoms with E-state index < -0.39 is 43.2 Å². The molecule has 5 atom stereocenters. The van der Waals surface area contributed by atoms with Crippen LogP contribution in [0.5, 0.6) is 0 Å². The van der Waals surface area contributed by atoms with Gasteiger partial charge in [-0.25, -0.2) is 5.48 Å². The monoisotopic (exact) mass is 251 g/mol. The molecule has 8 heteroatoms. The first-order valence-electron chi connectivity index (χ1n) is 5.08. The first-order chi connectivity index (χ1) is 8.01. The van der Waals surface area contributed by atoms with E-state index >= 15 is 0 Å². The van der Waals surface area contributed by atoms with E-state index in [4.69, 9.17) is 19.4 Å². The van der Waals surface area contributed by atoms with E-state index in [1.54, 1.807) is 0 Å². The number of ether oxygens (including phenoxy) is 2. The van der Waals surface area contributed by atoms with Crippen LogP contribution in [0.2, 0.25) is 0 Å². The Morgan fingerprint density at radius 1 is 1.41 bits per heavy atom. The number of carbonyl (C=O) groups excluding carboxylic acids is 1. The maximum Gasteiger partial charge on any atom is 0.240 e. The molecular formula is C9H17NO7. The Hall–Kier alpha value is -0.770. The summed E-state index contributed by atoms with van der Waals surface area (Å²) in [6, 6.07) is 0. The number of methoxy groups -OCH3 is 1. The third-order valence-electron chi connectivity index (χ3n) is 2.43. The van der Waals surface area contributed by atoms with Crippen LogP contribution in [0.4, 0.5) is 0 Å². The van der Waals surface area contributed by atoms with Gasteiger partial charge in [0.2, 0.25) is 5.91 Å². The molecule has 8 nitrogen and oxygen atoms in total. The normalized spacial score (nSPS) is 37.8. The van der Waals surface area contributed by atoms with Gasteiger partial charge in [0.05, 0.1) is 6.61 Å². The van der Waals surface area contributed by atoms with E-state index in [0.717, 1.165) is 0 Å². The van der Waals surface area contributed by atoms with Crippen LogP contribution in [-0.4, -0.2) is 65.6 Å². The molecule has 1 fully saturated rings. The smallest absolute Gasteiger partial charge is 0.240 e. The molecule has 0 aromatic heterocycles. The number of hydrogen-bond acceptors (Lipinski definition) is 7. The maximum absolute atomic E-state index is 10.7. The Morgan fingerprint density at radius 2 is 2.06 bits per heavy atom. The summed E-state index contributed by atoms with van der Waals surface area (Å²) in [6.07, 6.45) is -5.61. The molecule has 1 rings (SSSR count). The minimum atomic E-state index is -1.36. The highest BCUT2D eigenvalue weighted by atomic mass is 16.7. The average molecular weight is 251 g/mol. The Morgan fingerprint density at radius 3 is 2.53 bits per heavy atom. The van der Waals surface area contributed by atoms with Crippen molar-refractivity contribution in [1.82, 2.24) is 5.48 Å². The summed E-state index contributed by atoms with van der Waals surface area (Å²) in [4.78, 5) is 15.7. The van der Waals surface area contributed by atoms with Gasteiger partial charge in [-0.2, -0.15) is 0 Å². The van der Waals surface area contributed by atoms with Gasteiger partial charge in [-0.05, 0) is 0 Å². The van der Waals surface area contributed by atoms with Crippen molar-refractivity contribution in [2.24, 2.45) is 0 Å². The second-order valence-electron chi connectivity index (χ2n) is 3.68. The van der Waals surface area contributed by atoms with Crippen LogP contribution in [0.1, 0.15) is 6.92 Å². The molecule has 0 spiro atoms. The van der Waals surface area contributed by atoms with Crippen molar-refractivity contribution in [2.75, 3.05) is 13.7 Å². The highest BCUT2D eigenvalue weighted by Crippen LogP contribution is 2.23. The van der Waals surface area contributed by atoms with Crippen LogP contribution in [0, 0.1) is 0 Å². The van der Waals surface area contributed by atoms with Crippen LogP contribution in [0.15, 0.2) is 0 Å². The summed E-state index contributed by atoms with van der Waals surface area (Å²) in [5, 5.41) is 28.3. The largest absolute Gasteiger partial charge is 0.394 e. The average Bonchev–Trinajstić information content (AvgIpc) is 2.29. The molecule has 1 heterocycles. The van der Waals surface area contributed by atoms with Gasteiger partial charge >= 0.3 is 0 Å². The lowest BCUT2D eigenvalue weighted by molar-refractivity contribution is -0.306. The number of amides is 1. The quantitative estimate of drug-likeness (QED) is 0.408. The van der Waals surface area contributed by atoms with Crippen LogP contribution in [0.25, 0.3) is 0 Å². The van der Waals surface area contributed by atoms with Gasteiger partial charge in [-0.1, -0.05) is 0 Å². The standard InChI is InChI=1S/C9H17NO7/c1-4(12)10-17-7-6(13)5(3-11)16-9(14)8(7)15-2/h5-9,11,13-14H,3H2,1-2H3,(H,10,12)/t5?,6-,7-,8-,9+/m1/s1. The molecule has 17 heavy (non-hydrogen) atoms. The predicted molar refractivity (Wildman–Crippen MR) is 53.5 cm³/mol. The Bertz CT molecular complexity index is 262. The Labute approximate surface area is 98.0 Å².